The minimum Gasteiger partial charge on any atom is -0.459 e. The summed E-state index contributed by atoms with van der Waals surface area (Å²) in [5.74, 6) is -0.457. The summed E-state index contributed by atoms with van der Waals surface area (Å²) in [7, 11) is 1.57. The fraction of sp³-hybridized carbons (Fsp3) is 0.875. The molecule has 1 aliphatic carbocycles. The highest BCUT2D eigenvalue weighted by atomic mass is 16.5. The van der Waals surface area contributed by atoms with Crippen LogP contribution in [0.4, 0.5) is 0 Å². The molecule has 1 saturated heterocycles. The average Bonchev–Trinajstić information content (AvgIpc) is 2.69. The van der Waals surface area contributed by atoms with Crippen molar-refractivity contribution >= 4 is 6.02 Å². The highest BCUT2D eigenvalue weighted by Gasteiger charge is 2.54. The Morgan fingerprint density at radius 1 is 1.43 bits per heavy atom. The van der Waals surface area contributed by atoms with Gasteiger partial charge in [0.2, 0.25) is 0 Å². The summed E-state index contributed by atoms with van der Waals surface area (Å²) < 4.78 is 5.34. The van der Waals surface area contributed by atoms with Crippen LogP contribution < -0.4 is 5.32 Å². The quantitative estimate of drug-likeness (QED) is 0.383. The first-order valence-electron chi connectivity index (χ1n) is 4.56. The third-order valence-corrected chi connectivity index (χ3v) is 2.88. The number of ether oxygens (including phenoxy) is 1. The first kappa shape index (κ1) is 9.70. The summed E-state index contributed by atoms with van der Waals surface area (Å²) in [6.07, 6.45) is -2.26. The lowest BCUT2D eigenvalue weighted by molar-refractivity contribution is -0.00876. The van der Waals surface area contributed by atoms with Crippen molar-refractivity contribution in [2.45, 2.75) is 24.4 Å². The van der Waals surface area contributed by atoms with Gasteiger partial charge in [-0.1, -0.05) is 0 Å². The van der Waals surface area contributed by atoms with E-state index in [4.69, 9.17) is 9.84 Å². The number of aliphatic hydroxyl groups is 3. The van der Waals surface area contributed by atoms with Gasteiger partial charge in [0.25, 0.3) is 6.02 Å². The van der Waals surface area contributed by atoms with E-state index in [9.17, 15) is 10.2 Å². The smallest absolute Gasteiger partial charge is 0.285 e. The van der Waals surface area contributed by atoms with E-state index in [1.165, 1.54) is 0 Å². The van der Waals surface area contributed by atoms with Crippen LogP contribution >= 0.6 is 0 Å². The van der Waals surface area contributed by atoms with Crippen LogP contribution in [0.3, 0.4) is 0 Å². The molecule has 6 nitrogen and oxygen atoms in total. The summed E-state index contributed by atoms with van der Waals surface area (Å²) in [6, 6.07) is -0.0229. The minimum atomic E-state index is -0.944. The van der Waals surface area contributed by atoms with Crippen LogP contribution in [0, 0.1) is 5.92 Å². The number of nitrogens with one attached hydrogen (secondary N) is 1. The molecule has 80 valence electrons. The van der Waals surface area contributed by atoms with Crippen molar-refractivity contribution in [3.05, 3.63) is 0 Å². The fourth-order valence-corrected chi connectivity index (χ4v) is 2.08. The monoisotopic (exact) mass is 202 g/mol. The largest absolute Gasteiger partial charge is 0.459 e. The highest BCUT2D eigenvalue weighted by Crippen LogP contribution is 2.32. The molecule has 5 unspecified atom stereocenters. The molecule has 0 bridgehead atoms. The molecule has 1 aliphatic heterocycles. The van der Waals surface area contributed by atoms with Gasteiger partial charge >= 0.3 is 0 Å². The fourth-order valence-electron chi connectivity index (χ4n) is 2.08. The van der Waals surface area contributed by atoms with Crippen molar-refractivity contribution in [3.63, 3.8) is 0 Å². The zero-order valence-corrected chi connectivity index (χ0v) is 7.79. The van der Waals surface area contributed by atoms with E-state index in [-0.39, 0.29) is 12.6 Å². The predicted molar refractivity (Wildman–Crippen MR) is 47.7 cm³/mol. The van der Waals surface area contributed by atoms with Crippen LogP contribution in [0.5, 0.6) is 0 Å². The highest BCUT2D eigenvalue weighted by molar-refractivity contribution is 5.76. The van der Waals surface area contributed by atoms with E-state index in [0.717, 1.165) is 0 Å². The lowest BCUT2D eigenvalue weighted by Crippen LogP contribution is -2.40. The maximum Gasteiger partial charge on any atom is 0.285 e. The van der Waals surface area contributed by atoms with Gasteiger partial charge in [0, 0.05) is 13.0 Å². The van der Waals surface area contributed by atoms with Gasteiger partial charge in [-0.25, -0.2) is 4.99 Å². The van der Waals surface area contributed by atoms with Gasteiger partial charge in [-0.2, -0.15) is 0 Å². The second kappa shape index (κ2) is 3.38. The molecular weight excluding hydrogens is 188 g/mol. The SMILES string of the molecule is CN=C1NC2C(O)C(O)C(CO)C2O1. The zero-order valence-electron chi connectivity index (χ0n) is 7.79. The Balaban J connectivity index is 2.18. The summed E-state index contributed by atoms with van der Waals surface area (Å²) in [6.45, 7) is -0.210. The molecule has 2 fully saturated rings. The molecule has 6 heteroatoms. The molecular formula is C8H14N2O4. The van der Waals surface area contributed by atoms with Crippen LogP contribution in [-0.4, -0.2) is 59.3 Å². The molecule has 0 amide bonds. The van der Waals surface area contributed by atoms with Crippen LogP contribution in [0.1, 0.15) is 0 Å². The Morgan fingerprint density at radius 2 is 2.14 bits per heavy atom. The van der Waals surface area contributed by atoms with E-state index in [2.05, 4.69) is 10.3 Å². The number of hydrogen-bond acceptors (Lipinski definition) is 5. The third-order valence-electron chi connectivity index (χ3n) is 2.88. The summed E-state index contributed by atoms with van der Waals surface area (Å²) in [5.41, 5.74) is 0. The molecule has 4 N–H and O–H groups in total. The van der Waals surface area contributed by atoms with Crippen LogP contribution in [0.2, 0.25) is 0 Å². The normalized spacial score (nSPS) is 48.9. The van der Waals surface area contributed by atoms with Crippen molar-refractivity contribution in [1.29, 1.82) is 0 Å². The standard InChI is InChI=1S/C8H14N2O4/c1-9-8-10-4-6(13)5(12)3(2-11)7(4)14-8/h3-7,11-13H,2H2,1H3,(H,9,10). The van der Waals surface area contributed by atoms with E-state index >= 15 is 0 Å². The number of nitrogens with zero attached hydrogens (tertiary/aromatic N) is 1. The molecule has 0 aromatic heterocycles. The number of hydrogen-bond donors (Lipinski definition) is 4. The van der Waals surface area contributed by atoms with E-state index < -0.39 is 24.2 Å². The maximum absolute atomic E-state index is 9.62. The second-order valence-electron chi connectivity index (χ2n) is 3.61. The molecule has 0 aromatic rings. The van der Waals surface area contributed by atoms with E-state index in [1.54, 1.807) is 7.05 Å². The van der Waals surface area contributed by atoms with Crippen molar-refractivity contribution in [1.82, 2.24) is 5.32 Å². The predicted octanol–water partition coefficient (Wildman–Crippen LogP) is -2.33. The van der Waals surface area contributed by atoms with Crippen LogP contribution in [0.15, 0.2) is 4.99 Å². The molecule has 2 aliphatic rings. The third kappa shape index (κ3) is 1.18. The van der Waals surface area contributed by atoms with Gasteiger partial charge in [-0.15, -0.1) is 0 Å². The van der Waals surface area contributed by atoms with Gasteiger partial charge in [0.15, 0.2) is 0 Å². The van der Waals surface area contributed by atoms with Crippen LogP contribution in [-0.2, 0) is 4.74 Å². The Morgan fingerprint density at radius 3 is 2.71 bits per heavy atom. The van der Waals surface area contributed by atoms with Crippen molar-refractivity contribution in [3.8, 4) is 0 Å². The average molecular weight is 202 g/mol. The number of rotatable bonds is 1. The summed E-state index contributed by atoms with van der Waals surface area (Å²) in [5, 5.41) is 31.1. The topological polar surface area (TPSA) is 94.3 Å². The Hall–Kier alpha value is -0.850. The molecule has 14 heavy (non-hydrogen) atoms. The Bertz CT molecular complexity index is 258. The maximum atomic E-state index is 9.62. The summed E-state index contributed by atoms with van der Waals surface area (Å²) in [4.78, 5) is 3.81. The molecule has 0 spiro atoms. The lowest BCUT2D eigenvalue weighted by atomic mass is 10.1. The molecule has 5 atom stereocenters. The molecule has 0 aromatic carbocycles. The van der Waals surface area contributed by atoms with Gasteiger partial charge in [-0.3, -0.25) is 0 Å². The number of aliphatic hydroxyl groups excluding tert-OH is 3. The van der Waals surface area contributed by atoms with Crippen molar-refractivity contribution < 1.29 is 20.1 Å². The Kier molecular flexibility index (Phi) is 2.34. The van der Waals surface area contributed by atoms with Gasteiger partial charge in [0.1, 0.15) is 12.2 Å². The molecule has 1 heterocycles. The van der Waals surface area contributed by atoms with Crippen LogP contribution in [0.25, 0.3) is 0 Å². The second-order valence-corrected chi connectivity index (χ2v) is 3.61. The molecule has 2 rings (SSSR count). The molecule has 0 radical (unpaired) electrons. The van der Waals surface area contributed by atoms with Crippen molar-refractivity contribution in [2.24, 2.45) is 10.9 Å². The number of amidine groups is 1. The van der Waals surface area contributed by atoms with Gasteiger partial charge in [0.05, 0.1) is 18.8 Å². The first-order valence-corrected chi connectivity index (χ1v) is 4.56. The van der Waals surface area contributed by atoms with Crippen molar-refractivity contribution in [2.75, 3.05) is 13.7 Å². The Labute approximate surface area is 81.2 Å². The zero-order chi connectivity index (χ0) is 10.3. The number of aliphatic imine (C=N–C) groups is 1. The lowest BCUT2D eigenvalue weighted by Gasteiger charge is -2.17. The number of fused-ring (bicyclic) bond motifs is 1. The van der Waals surface area contributed by atoms with Gasteiger partial charge < -0.3 is 25.4 Å². The summed E-state index contributed by atoms with van der Waals surface area (Å²) >= 11 is 0. The van der Waals surface area contributed by atoms with E-state index in [0.29, 0.717) is 6.02 Å². The van der Waals surface area contributed by atoms with E-state index in [1.807, 2.05) is 0 Å². The minimum absolute atomic E-state index is 0.210. The van der Waals surface area contributed by atoms with Gasteiger partial charge in [-0.05, 0) is 0 Å². The first-order chi connectivity index (χ1) is 6.69. The molecule has 1 saturated carbocycles.